The van der Waals surface area contributed by atoms with E-state index < -0.39 is 5.60 Å². The molecule has 0 radical (unpaired) electrons. The number of hydrogen-bond acceptors (Lipinski definition) is 2. The van der Waals surface area contributed by atoms with Gasteiger partial charge in [-0.05, 0) is 38.1 Å². The van der Waals surface area contributed by atoms with Crippen molar-refractivity contribution in [3.05, 3.63) is 35.8 Å². The highest BCUT2D eigenvalue weighted by molar-refractivity contribution is 5.77. The summed E-state index contributed by atoms with van der Waals surface area (Å²) in [4.78, 5) is 0. The second-order valence-corrected chi connectivity index (χ2v) is 4.38. The van der Waals surface area contributed by atoms with Gasteiger partial charge in [0.15, 0.2) is 0 Å². The summed E-state index contributed by atoms with van der Waals surface area (Å²) < 4.78 is 18.4. The van der Waals surface area contributed by atoms with Crippen molar-refractivity contribution in [2.24, 2.45) is 0 Å². The molecule has 1 aromatic carbocycles. The molecule has 0 fully saturated rings. The summed E-state index contributed by atoms with van der Waals surface area (Å²) in [5.74, 6) is 0.390. The quantitative estimate of drug-likeness (QED) is 0.823. The van der Waals surface area contributed by atoms with E-state index >= 15 is 0 Å². The SMILES string of the molecule is CC(C)(O)Cc1cc2cc(F)ccc2o1. The van der Waals surface area contributed by atoms with Crippen LogP contribution >= 0.6 is 0 Å². The van der Waals surface area contributed by atoms with E-state index in [0.717, 1.165) is 5.39 Å². The predicted molar refractivity (Wildman–Crippen MR) is 56.2 cm³/mol. The minimum absolute atomic E-state index is 0.280. The highest BCUT2D eigenvalue weighted by Gasteiger charge is 2.16. The Balaban J connectivity index is 2.39. The van der Waals surface area contributed by atoms with Gasteiger partial charge in [0.25, 0.3) is 0 Å². The molecule has 0 spiro atoms. The van der Waals surface area contributed by atoms with E-state index in [1.54, 1.807) is 26.0 Å². The lowest BCUT2D eigenvalue weighted by molar-refractivity contribution is 0.0757. The van der Waals surface area contributed by atoms with Crippen molar-refractivity contribution in [3.63, 3.8) is 0 Å². The van der Waals surface area contributed by atoms with E-state index in [1.807, 2.05) is 0 Å². The van der Waals surface area contributed by atoms with Gasteiger partial charge in [-0.15, -0.1) is 0 Å². The van der Waals surface area contributed by atoms with E-state index in [0.29, 0.717) is 17.8 Å². The molecule has 0 saturated heterocycles. The molecule has 0 bridgehead atoms. The highest BCUT2D eigenvalue weighted by atomic mass is 19.1. The molecular weight excluding hydrogens is 195 g/mol. The first kappa shape index (κ1) is 10.2. The minimum Gasteiger partial charge on any atom is -0.461 e. The molecule has 0 aliphatic carbocycles. The van der Waals surface area contributed by atoms with Crippen LogP contribution < -0.4 is 0 Å². The van der Waals surface area contributed by atoms with Crippen molar-refractivity contribution in [3.8, 4) is 0 Å². The van der Waals surface area contributed by atoms with Gasteiger partial charge in [-0.3, -0.25) is 0 Å². The fourth-order valence-electron chi connectivity index (χ4n) is 1.58. The zero-order valence-corrected chi connectivity index (χ0v) is 8.75. The zero-order valence-electron chi connectivity index (χ0n) is 8.75. The molecular formula is C12H13FO2. The van der Waals surface area contributed by atoms with Crippen LogP contribution in [0.5, 0.6) is 0 Å². The molecule has 2 aromatic rings. The third kappa shape index (κ3) is 2.36. The van der Waals surface area contributed by atoms with Gasteiger partial charge >= 0.3 is 0 Å². The van der Waals surface area contributed by atoms with E-state index in [-0.39, 0.29) is 5.82 Å². The summed E-state index contributed by atoms with van der Waals surface area (Å²) in [5, 5.41) is 10.3. The largest absolute Gasteiger partial charge is 0.461 e. The first-order chi connectivity index (χ1) is 6.94. The van der Waals surface area contributed by atoms with Gasteiger partial charge in [-0.2, -0.15) is 0 Å². The minimum atomic E-state index is -0.813. The normalized spacial score (nSPS) is 12.3. The Labute approximate surface area is 87.3 Å². The van der Waals surface area contributed by atoms with Gasteiger partial charge in [0.05, 0.1) is 5.60 Å². The molecule has 1 N–H and O–H groups in total. The predicted octanol–water partition coefficient (Wildman–Crippen LogP) is 2.89. The van der Waals surface area contributed by atoms with Crippen LogP contribution in [-0.2, 0) is 6.42 Å². The smallest absolute Gasteiger partial charge is 0.134 e. The van der Waals surface area contributed by atoms with Gasteiger partial charge < -0.3 is 9.52 Å². The maximum atomic E-state index is 12.9. The number of rotatable bonds is 2. The monoisotopic (exact) mass is 208 g/mol. The van der Waals surface area contributed by atoms with Crippen LogP contribution in [0.25, 0.3) is 11.0 Å². The Bertz CT molecular complexity index is 480. The van der Waals surface area contributed by atoms with Crippen LogP contribution in [0, 0.1) is 5.82 Å². The molecule has 0 amide bonds. The molecule has 2 nitrogen and oxygen atoms in total. The maximum absolute atomic E-state index is 12.9. The average Bonchev–Trinajstić information content (AvgIpc) is 2.42. The molecule has 3 heteroatoms. The molecule has 0 aliphatic heterocycles. The third-order valence-electron chi connectivity index (χ3n) is 2.14. The molecule has 80 valence electrons. The number of furan rings is 1. The van der Waals surface area contributed by atoms with Crippen molar-refractivity contribution < 1.29 is 13.9 Å². The molecule has 0 saturated carbocycles. The van der Waals surface area contributed by atoms with E-state index in [9.17, 15) is 9.50 Å². The van der Waals surface area contributed by atoms with Gasteiger partial charge in [0.1, 0.15) is 17.2 Å². The lowest BCUT2D eigenvalue weighted by atomic mass is 10.0. The van der Waals surface area contributed by atoms with Crippen molar-refractivity contribution in [1.82, 2.24) is 0 Å². The Kier molecular flexibility index (Phi) is 2.27. The van der Waals surface area contributed by atoms with Crippen molar-refractivity contribution in [2.45, 2.75) is 25.9 Å². The van der Waals surface area contributed by atoms with E-state index in [2.05, 4.69) is 0 Å². The summed E-state index contributed by atoms with van der Waals surface area (Å²) in [5.41, 5.74) is -0.164. The Hall–Kier alpha value is -1.35. The van der Waals surface area contributed by atoms with Crippen LogP contribution in [0.4, 0.5) is 4.39 Å². The second kappa shape index (κ2) is 3.35. The lowest BCUT2D eigenvalue weighted by Gasteiger charge is -2.14. The Morgan fingerprint density at radius 1 is 1.33 bits per heavy atom. The number of fused-ring (bicyclic) bond motifs is 1. The third-order valence-corrected chi connectivity index (χ3v) is 2.14. The lowest BCUT2D eigenvalue weighted by Crippen LogP contribution is -2.21. The average molecular weight is 208 g/mol. The summed E-state index contributed by atoms with van der Waals surface area (Å²) in [6, 6.07) is 6.14. The highest BCUT2D eigenvalue weighted by Crippen LogP contribution is 2.23. The van der Waals surface area contributed by atoms with Gasteiger partial charge in [0.2, 0.25) is 0 Å². The summed E-state index contributed by atoms with van der Waals surface area (Å²) in [7, 11) is 0. The zero-order chi connectivity index (χ0) is 11.1. The first-order valence-corrected chi connectivity index (χ1v) is 4.84. The molecule has 1 heterocycles. The van der Waals surface area contributed by atoms with Gasteiger partial charge in [-0.1, -0.05) is 0 Å². The Morgan fingerprint density at radius 3 is 2.73 bits per heavy atom. The fraction of sp³-hybridized carbons (Fsp3) is 0.333. The summed E-state index contributed by atoms with van der Waals surface area (Å²) in [6.07, 6.45) is 0.420. The van der Waals surface area contributed by atoms with Crippen LogP contribution in [0.2, 0.25) is 0 Å². The molecule has 2 rings (SSSR count). The summed E-state index contributed by atoms with van der Waals surface area (Å²) in [6.45, 7) is 3.42. The number of halogens is 1. The maximum Gasteiger partial charge on any atom is 0.134 e. The van der Waals surface area contributed by atoms with E-state index in [1.165, 1.54) is 12.1 Å². The standard InChI is InChI=1S/C12H13FO2/c1-12(2,14)7-10-6-8-5-9(13)3-4-11(8)15-10/h3-6,14H,7H2,1-2H3. The number of aliphatic hydroxyl groups is 1. The van der Waals surface area contributed by atoms with Crippen molar-refractivity contribution >= 4 is 11.0 Å². The van der Waals surface area contributed by atoms with Gasteiger partial charge in [0, 0.05) is 11.8 Å². The number of hydrogen-bond donors (Lipinski definition) is 1. The fourth-order valence-corrected chi connectivity index (χ4v) is 1.58. The summed E-state index contributed by atoms with van der Waals surface area (Å²) >= 11 is 0. The van der Waals surface area contributed by atoms with Crippen LogP contribution in [-0.4, -0.2) is 10.7 Å². The van der Waals surface area contributed by atoms with Crippen molar-refractivity contribution in [1.29, 1.82) is 0 Å². The van der Waals surface area contributed by atoms with Crippen LogP contribution in [0.3, 0.4) is 0 Å². The number of benzene rings is 1. The molecule has 0 aliphatic rings. The molecule has 0 atom stereocenters. The molecule has 0 unspecified atom stereocenters. The molecule has 15 heavy (non-hydrogen) atoms. The van der Waals surface area contributed by atoms with Crippen LogP contribution in [0.1, 0.15) is 19.6 Å². The first-order valence-electron chi connectivity index (χ1n) is 4.84. The van der Waals surface area contributed by atoms with Crippen molar-refractivity contribution in [2.75, 3.05) is 0 Å². The van der Waals surface area contributed by atoms with E-state index in [4.69, 9.17) is 4.42 Å². The van der Waals surface area contributed by atoms with Crippen LogP contribution in [0.15, 0.2) is 28.7 Å². The second-order valence-electron chi connectivity index (χ2n) is 4.38. The Morgan fingerprint density at radius 2 is 2.07 bits per heavy atom. The van der Waals surface area contributed by atoms with Gasteiger partial charge in [-0.25, -0.2) is 4.39 Å². The topological polar surface area (TPSA) is 33.4 Å². The molecule has 1 aromatic heterocycles.